The highest BCUT2D eigenvalue weighted by atomic mass is 16.1. The van der Waals surface area contributed by atoms with Crippen molar-refractivity contribution in [3.05, 3.63) is 36.5 Å². The summed E-state index contributed by atoms with van der Waals surface area (Å²) in [6.45, 7) is 0. The molecule has 2 aliphatic rings. The highest BCUT2D eigenvalue weighted by Gasteiger charge is 2.40. The number of amides is 1. The van der Waals surface area contributed by atoms with Crippen molar-refractivity contribution in [2.45, 2.75) is 38.1 Å². The van der Waals surface area contributed by atoms with Crippen molar-refractivity contribution in [3.63, 3.8) is 0 Å². The topological polar surface area (TPSA) is 83.8 Å². The second-order valence-electron chi connectivity index (χ2n) is 7.23. The molecule has 2 aromatic rings. The molecule has 2 atom stereocenters. The number of hydrogen-bond acceptors (Lipinski definition) is 3. The van der Waals surface area contributed by atoms with Gasteiger partial charge in [0.15, 0.2) is 0 Å². The lowest BCUT2D eigenvalue weighted by atomic mass is 9.65. The van der Waals surface area contributed by atoms with Gasteiger partial charge in [0.1, 0.15) is 0 Å². The summed E-state index contributed by atoms with van der Waals surface area (Å²) in [5.41, 5.74) is 9.21. The lowest BCUT2D eigenvalue weighted by Gasteiger charge is -2.43. The Balaban J connectivity index is 1.41. The van der Waals surface area contributed by atoms with E-state index in [1.165, 1.54) is 19.3 Å². The molecular formula is C19H24N4O. The number of fused-ring (bicyclic) bond motifs is 2. The second-order valence-corrected chi connectivity index (χ2v) is 7.23. The first-order chi connectivity index (χ1) is 11.7. The number of aromatic amines is 1. The Morgan fingerprint density at radius 2 is 1.83 bits per heavy atom. The summed E-state index contributed by atoms with van der Waals surface area (Å²) in [5, 5.41) is 9.98. The average molecular weight is 324 g/mol. The van der Waals surface area contributed by atoms with Gasteiger partial charge in [0.25, 0.3) is 0 Å². The van der Waals surface area contributed by atoms with Crippen LogP contribution in [-0.2, 0) is 4.79 Å². The van der Waals surface area contributed by atoms with Gasteiger partial charge in [-0.3, -0.25) is 9.89 Å². The fourth-order valence-electron chi connectivity index (χ4n) is 4.40. The summed E-state index contributed by atoms with van der Waals surface area (Å²) in [4.78, 5) is 12.7. The maximum Gasteiger partial charge on any atom is 0.227 e. The minimum Gasteiger partial charge on any atom is -0.327 e. The van der Waals surface area contributed by atoms with Crippen LogP contribution in [0.4, 0.5) is 5.69 Å². The zero-order valence-electron chi connectivity index (χ0n) is 13.7. The van der Waals surface area contributed by atoms with Gasteiger partial charge in [-0.1, -0.05) is 18.6 Å². The van der Waals surface area contributed by atoms with E-state index in [4.69, 9.17) is 5.73 Å². The van der Waals surface area contributed by atoms with Crippen LogP contribution in [0, 0.1) is 17.8 Å². The number of nitrogens with zero attached hydrogens (tertiary/aromatic N) is 1. The van der Waals surface area contributed by atoms with Crippen LogP contribution in [0.25, 0.3) is 11.3 Å². The zero-order chi connectivity index (χ0) is 16.5. The number of H-pyrrole nitrogens is 1. The Morgan fingerprint density at radius 1 is 1.12 bits per heavy atom. The van der Waals surface area contributed by atoms with Crippen molar-refractivity contribution in [2.24, 2.45) is 23.5 Å². The van der Waals surface area contributed by atoms with Gasteiger partial charge in [-0.2, -0.15) is 5.10 Å². The van der Waals surface area contributed by atoms with Crippen LogP contribution in [0.15, 0.2) is 36.5 Å². The molecule has 2 unspecified atom stereocenters. The standard InChI is InChI=1S/C19H24N4O/c20-18-13-2-1-3-14(18)11-15(10-13)19(24)22-16-6-4-12(5-7-16)17-8-9-21-23-17/h4-9,13-15,18H,1-3,10-11,20H2,(H,21,23)(H,22,24). The molecule has 1 aromatic heterocycles. The van der Waals surface area contributed by atoms with Gasteiger partial charge in [0.05, 0.1) is 5.69 Å². The van der Waals surface area contributed by atoms with E-state index in [2.05, 4.69) is 15.5 Å². The van der Waals surface area contributed by atoms with E-state index in [9.17, 15) is 4.79 Å². The number of rotatable bonds is 3. The van der Waals surface area contributed by atoms with Crippen molar-refractivity contribution in [2.75, 3.05) is 5.32 Å². The highest BCUT2D eigenvalue weighted by Crippen LogP contribution is 2.42. The van der Waals surface area contributed by atoms with Crippen LogP contribution in [0.5, 0.6) is 0 Å². The molecule has 0 saturated heterocycles. The SMILES string of the molecule is NC1C2CCCC1CC(C(=O)Nc1ccc(-c3ccn[nH]3)cc1)C2. The number of benzene rings is 1. The van der Waals surface area contributed by atoms with Crippen molar-refractivity contribution in [1.29, 1.82) is 0 Å². The largest absolute Gasteiger partial charge is 0.327 e. The number of carbonyl (C=O) groups is 1. The Bertz CT molecular complexity index is 681. The molecule has 1 heterocycles. The van der Waals surface area contributed by atoms with E-state index >= 15 is 0 Å². The summed E-state index contributed by atoms with van der Waals surface area (Å²) in [5.74, 6) is 1.30. The predicted molar refractivity (Wildman–Crippen MR) is 94.2 cm³/mol. The molecule has 24 heavy (non-hydrogen) atoms. The summed E-state index contributed by atoms with van der Waals surface area (Å²) < 4.78 is 0. The fraction of sp³-hybridized carbons (Fsp3) is 0.474. The van der Waals surface area contributed by atoms with Crippen LogP contribution in [-0.4, -0.2) is 22.1 Å². The molecule has 0 spiro atoms. The first-order valence-electron chi connectivity index (χ1n) is 8.87. The lowest BCUT2D eigenvalue weighted by Crippen LogP contribution is -2.48. The Morgan fingerprint density at radius 3 is 2.46 bits per heavy atom. The normalized spacial score (nSPS) is 29.2. The van der Waals surface area contributed by atoms with E-state index in [0.717, 1.165) is 29.8 Å². The molecule has 2 aliphatic carbocycles. The van der Waals surface area contributed by atoms with Gasteiger partial charge in [0, 0.05) is 23.8 Å². The van der Waals surface area contributed by atoms with Crippen LogP contribution < -0.4 is 11.1 Å². The summed E-state index contributed by atoms with van der Waals surface area (Å²) >= 11 is 0. The Labute approximate surface area is 142 Å². The molecule has 2 fully saturated rings. The van der Waals surface area contributed by atoms with Gasteiger partial charge in [-0.25, -0.2) is 0 Å². The molecule has 5 heteroatoms. The first-order valence-corrected chi connectivity index (χ1v) is 8.87. The molecule has 2 bridgehead atoms. The number of carbonyl (C=O) groups excluding carboxylic acids is 1. The van der Waals surface area contributed by atoms with Crippen molar-refractivity contribution >= 4 is 11.6 Å². The van der Waals surface area contributed by atoms with Gasteiger partial charge < -0.3 is 11.1 Å². The molecule has 4 N–H and O–H groups in total. The maximum absolute atomic E-state index is 12.7. The molecule has 0 aliphatic heterocycles. The lowest BCUT2D eigenvalue weighted by molar-refractivity contribution is -0.122. The van der Waals surface area contributed by atoms with E-state index in [-0.39, 0.29) is 11.8 Å². The van der Waals surface area contributed by atoms with Gasteiger partial charge in [-0.15, -0.1) is 0 Å². The smallest absolute Gasteiger partial charge is 0.227 e. The van der Waals surface area contributed by atoms with E-state index < -0.39 is 0 Å². The van der Waals surface area contributed by atoms with Crippen molar-refractivity contribution < 1.29 is 4.79 Å². The molecule has 5 nitrogen and oxygen atoms in total. The van der Waals surface area contributed by atoms with Crippen LogP contribution >= 0.6 is 0 Å². The molecule has 1 amide bonds. The van der Waals surface area contributed by atoms with E-state index in [0.29, 0.717) is 17.9 Å². The van der Waals surface area contributed by atoms with E-state index in [1.807, 2.05) is 30.3 Å². The molecule has 2 saturated carbocycles. The predicted octanol–water partition coefficient (Wildman–Crippen LogP) is 3.17. The van der Waals surface area contributed by atoms with Gasteiger partial charge in [0.2, 0.25) is 5.91 Å². The molecule has 0 radical (unpaired) electrons. The minimum atomic E-state index is 0.104. The maximum atomic E-state index is 12.7. The molecule has 126 valence electrons. The van der Waals surface area contributed by atoms with Gasteiger partial charge in [-0.05, 0) is 61.3 Å². The minimum absolute atomic E-state index is 0.104. The number of hydrogen-bond donors (Lipinski definition) is 3. The highest BCUT2D eigenvalue weighted by molar-refractivity contribution is 5.92. The third-order valence-corrected chi connectivity index (χ3v) is 5.75. The molecular weight excluding hydrogens is 300 g/mol. The van der Waals surface area contributed by atoms with Crippen LogP contribution in [0.1, 0.15) is 32.1 Å². The number of aromatic nitrogens is 2. The molecule has 4 rings (SSSR count). The van der Waals surface area contributed by atoms with Gasteiger partial charge >= 0.3 is 0 Å². The monoisotopic (exact) mass is 324 g/mol. The average Bonchev–Trinajstić information content (AvgIpc) is 3.09. The van der Waals surface area contributed by atoms with Crippen LogP contribution in [0.2, 0.25) is 0 Å². The third kappa shape index (κ3) is 2.96. The Hall–Kier alpha value is -2.14. The van der Waals surface area contributed by atoms with Crippen LogP contribution in [0.3, 0.4) is 0 Å². The fourth-order valence-corrected chi connectivity index (χ4v) is 4.40. The molecule has 1 aromatic carbocycles. The number of nitrogens with two attached hydrogens (primary N) is 1. The summed E-state index contributed by atoms with van der Waals surface area (Å²) in [6.07, 6.45) is 7.24. The number of anilines is 1. The summed E-state index contributed by atoms with van der Waals surface area (Å²) in [6, 6.07) is 10.1. The third-order valence-electron chi connectivity index (χ3n) is 5.75. The summed E-state index contributed by atoms with van der Waals surface area (Å²) in [7, 11) is 0. The first kappa shape index (κ1) is 15.4. The Kier molecular flexibility index (Phi) is 4.10. The van der Waals surface area contributed by atoms with E-state index in [1.54, 1.807) is 6.20 Å². The quantitative estimate of drug-likeness (QED) is 0.811. The zero-order valence-corrected chi connectivity index (χ0v) is 13.7. The van der Waals surface area contributed by atoms with Crippen molar-refractivity contribution in [3.8, 4) is 11.3 Å². The second kappa shape index (κ2) is 6.40. The number of nitrogens with one attached hydrogen (secondary N) is 2. The van der Waals surface area contributed by atoms with Crippen molar-refractivity contribution in [1.82, 2.24) is 10.2 Å².